The van der Waals surface area contributed by atoms with Crippen LogP contribution in [-0.2, 0) is 11.2 Å². The number of nitrogens with one attached hydrogen (secondary N) is 1. The number of hydrogen-bond acceptors (Lipinski definition) is 6. The number of anilines is 1. The first-order chi connectivity index (χ1) is 12.8. The molecular weight excluding hydrogens is 364 g/mol. The number of benzene rings is 1. The summed E-state index contributed by atoms with van der Waals surface area (Å²) in [4.78, 5) is 14.4. The second-order valence-electron chi connectivity index (χ2n) is 6.05. The fraction of sp³-hybridized carbons (Fsp3) is 0.421. The van der Waals surface area contributed by atoms with E-state index in [0.29, 0.717) is 5.75 Å². The van der Waals surface area contributed by atoms with Gasteiger partial charge in [0.05, 0.1) is 5.75 Å². The Labute approximate surface area is 162 Å². The summed E-state index contributed by atoms with van der Waals surface area (Å²) in [5.74, 6) is 0.559. The second kappa shape index (κ2) is 9.73. The zero-order valence-electron chi connectivity index (χ0n) is 15.0. The third-order valence-corrected chi connectivity index (χ3v) is 6.24. The van der Waals surface area contributed by atoms with Gasteiger partial charge in [-0.1, -0.05) is 59.5 Å². The topological polar surface area (TPSA) is 58.1 Å². The molecule has 1 aliphatic carbocycles. The van der Waals surface area contributed by atoms with Gasteiger partial charge < -0.3 is 10.2 Å². The summed E-state index contributed by atoms with van der Waals surface area (Å²) >= 11 is 2.97. The van der Waals surface area contributed by atoms with Crippen molar-refractivity contribution in [3.63, 3.8) is 0 Å². The highest BCUT2D eigenvalue weighted by Crippen LogP contribution is 2.27. The summed E-state index contributed by atoms with van der Waals surface area (Å²) in [6.07, 6.45) is 6.38. The average Bonchev–Trinajstić information content (AvgIpc) is 3.34. The van der Waals surface area contributed by atoms with Crippen molar-refractivity contribution in [3.8, 4) is 0 Å². The Hall–Kier alpha value is -1.86. The molecule has 26 heavy (non-hydrogen) atoms. The van der Waals surface area contributed by atoms with Gasteiger partial charge in [0.25, 0.3) is 0 Å². The highest BCUT2D eigenvalue weighted by molar-refractivity contribution is 8.01. The number of rotatable bonds is 9. The van der Waals surface area contributed by atoms with Crippen LogP contribution in [0.4, 0.5) is 5.13 Å². The van der Waals surface area contributed by atoms with Crippen LogP contribution in [0.5, 0.6) is 0 Å². The van der Waals surface area contributed by atoms with Crippen LogP contribution in [0.2, 0.25) is 0 Å². The summed E-state index contributed by atoms with van der Waals surface area (Å²) in [6, 6.07) is 10.4. The zero-order chi connectivity index (χ0) is 18.2. The third-order valence-electron chi connectivity index (χ3n) is 4.24. The number of amides is 1. The molecule has 0 unspecified atom stereocenters. The molecule has 3 rings (SSSR count). The van der Waals surface area contributed by atoms with Gasteiger partial charge in [-0.2, -0.15) is 0 Å². The Morgan fingerprint density at radius 1 is 1.31 bits per heavy atom. The molecule has 1 aliphatic rings. The molecule has 1 aromatic carbocycles. The number of allylic oxidation sites excluding steroid dienone is 2. The van der Waals surface area contributed by atoms with Crippen molar-refractivity contribution in [3.05, 3.63) is 47.7 Å². The number of aromatic nitrogens is 2. The molecular formula is C19H24N4OS2. The van der Waals surface area contributed by atoms with Gasteiger partial charge in [0.15, 0.2) is 4.34 Å². The van der Waals surface area contributed by atoms with Crippen molar-refractivity contribution in [1.82, 2.24) is 15.1 Å². The van der Waals surface area contributed by atoms with Gasteiger partial charge in [0.1, 0.15) is 0 Å². The van der Waals surface area contributed by atoms with Crippen LogP contribution in [0.25, 0.3) is 0 Å². The van der Waals surface area contributed by atoms with Crippen molar-refractivity contribution in [1.29, 1.82) is 0 Å². The lowest BCUT2D eigenvalue weighted by molar-refractivity contribution is -0.126. The Balaban J connectivity index is 1.43. The SMILES string of the molecule is CCN(C(=O)CSc1nnc(NCCc2ccccc2)s1)C1=CCCC1. The highest BCUT2D eigenvalue weighted by atomic mass is 32.2. The quantitative estimate of drug-likeness (QED) is 0.653. The van der Waals surface area contributed by atoms with E-state index in [1.807, 2.05) is 30.0 Å². The fourth-order valence-corrected chi connectivity index (χ4v) is 4.59. The summed E-state index contributed by atoms with van der Waals surface area (Å²) in [6.45, 7) is 3.58. The Morgan fingerprint density at radius 2 is 2.15 bits per heavy atom. The summed E-state index contributed by atoms with van der Waals surface area (Å²) in [5, 5.41) is 12.5. The lowest BCUT2D eigenvalue weighted by atomic mass is 10.2. The maximum absolute atomic E-state index is 12.5. The van der Waals surface area contributed by atoms with Gasteiger partial charge in [-0.25, -0.2) is 0 Å². The van der Waals surface area contributed by atoms with E-state index in [4.69, 9.17) is 0 Å². The fourth-order valence-electron chi connectivity index (χ4n) is 2.94. The second-order valence-corrected chi connectivity index (χ2v) is 8.25. The van der Waals surface area contributed by atoms with E-state index in [2.05, 4.69) is 33.7 Å². The van der Waals surface area contributed by atoms with Gasteiger partial charge in [-0.3, -0.25) is 4.79 Å². The molecule has 0 radical (unpaired) electrons. The average molecular weight is 389 g/mol. The van der Waals surface area contributed by atoms with Crippen LogP contribution >= 0.6 is 23.1 Å². The third kappa shape index (κ3) is 5.32. The molecule has 0 bridgehead atoms. The van der Waals surface area contributed by atoms with E-state index in [-0.39, 0.29) is 5.91 Å². The number of carbonyl (C=O) groups excluding carboxylic acids is 1. The van der Waals surface area contributed by atoms with Crippen LogP contribution in [0, 0.1) is 0 Å². The first kappa shape index (κ1) is 18.9. The van der Waals surface area contributed by atoms with Gasteiger partial charge >= 0.3 is 0 Å². The molecule has 0 aliphatic heterocycles. The molecule has 138 valence electrons. The maximum atomic E-state index is 12.5. The largest absolute Gasteiger partial charge is 0.360 e. The standard InChI is InChI=1S/C19H24N4OS2/c1-2-23(16-10-6-7-11-16)17(24)14-25-19-22-21-18(26-19)20-13-12-15-8-4-3-5-9-15/h3-5,8-10H,2,6-7,11-14H2,1H3,(H,20,21). The molecule has 0 saturated heterocycles. The Kier molecular flexibility index (Phi) is 7.08. The smallest absolute Gasteiger partial charge is 0.237 e. The summed E-state index contributed by atoms with van der Waals surface area (Å²) in [5.41, 5.74) is 2.48. The molecule has 0 atom stereocenters. The summed E-state index contributed by atoms with van der Waals surface area (Å²) in [7, 11) is 0. The molecule has 2 aromatic rings. The number of hydrogen-bond donors (Lipinski definition) is 1. The lowest BCUT2D eigenvalue weighted by Gasteiger charge is -2.21. The van der Waals surface area contributed by atoms with Crippen molar-refractivity contribution < 1.29 is 4.79 Å². The first-order valence-corrected chi connectivity index (χ1v) is 10.8. The predicted molar refractivity (Wildman–Crippen MR) is 109 cm³/mol. The van der Waals surface area contributed by atoms with E-state index >= 15 is 0 Å². The minimum Gasteiger partial charge on any atom is -0.360 e. The predicted octanol–water partition coefficient (Wildman–Crippen LogP) is 4.20. The molecule has 1 amide bonds. The van der Waals surface area contributed by atoms with E-state index < -0.39 is 0 Å². The minimum absolute atomic E-state index is 0.152. The minimum atomic E-state index is 0.152. The number of thioether (sulfide) groups is 1. The van der Waals surface area contributed by atoms with Crippen LogP contribution in [0.1, 0.15) is 31.7 Å². The van der Waals surface area contributed by atoms with Crippen LogP contribution in [-0.4, -0.2) is 39.8 Å². The monoisotopic (exact) mass is 388 g/mol. The molecule has 0 fully saturated rings. The summed E-state index contributed by atoms with van der Waals surface area (Å²) < 4.78 is 0.831. The molecule has 1 heterocycles. The van der Waals surface area contributed by atoms with Crippen molar-refractivity contribution in [2.75, 3.05) is 24.2 Å². The van der Waals surface area contributed by atoms with Crippen LogP contribution < -0.4 is 5.32 Å². The Morgan fingerprint density at radius 3 is 2.88 bits per heavy atom. The first-order valence-electron chi connectivity index (χ1n) is 8.99. The molecule has 7 heteroatoms. The normalized spacial score (nSPS) is 13.5. The number of nitrogens with zero attached hydrogens (tertiary/aromatic N) is 3. The number of carbonyl (C=O) groups is 1. The van der Waals surface area contributed by atoms with Crippen LogP contribution in [0.15, 0.2) is 46.4 Å². The van der Waals surface area contributed by atoms with E-state index in [9.17, 15) is 4.79 Å². The lowest BCUT2D eigenvalue weighted by Crippen LogP contribution is -2.31. The molecule has 1 aromatic heterocycles. The van der Waals surface area contributed by atoms with E-state index in [0.717, 1.165) is 48.2 Å². The van der Waals surface area contributed by atoms with Crippen molar-refractivity contribution in [2.24, 2.45) is 0 Å². The molecule has 1 N–H and O–H groups in total. The molecule has 5 nitrogen and oxygen atoms in total. The van der Waals surface area contributed by atoms with E-state index in [1.54, 1.807) is 0 Å². The van der Waals surface area contributed by atoms with Crippen molar-refractivity contribution >= 4 is 34.1 Å². The highest BCUT2D eigenvalue weighted by Gasteiger charge is 2.19. The van der Waals surface area contributed by atoms with Crippen molar-refractivity contribution in [2.45, 2.75) is 36.9 Å². The van der Waals surface area contributed by atoms with Gasteiger partial charge in [0, 0.05) is 18.8 Å². The maximum Gasteiger partial charge on any atom is 0.237 e. The van der Waals surface area contributed by atoms with Gasteiger partial charge in [0.2, 0.25) is 11.0 Å². The van der Waals surface area contributed by atoms with Crippen LogP contribution in [0.3, 0.4) is 0 Å². The Bertz CT molecular complexity index is 745. The molecule has 0 saturated carbocycles. The molecule has 0 spiro atoms. The van der Waals surface area contributed by atoms with Gasteiger partial charge in [-0.15, -0.1) is 10.2 Å². The van der Waals surface area contributed by atoms with E-state index in [1.165, 1.54) is 34.4 Å². The zero-order valence-corrected chi connectivity index (χ0v) is 16.6. The van der Waals surface area contributed by atoms with Gasteiger partial charge in [-0.05, 0) is 38.2 Å².